The Morgan fingerprint density at radius 2 is 2.15 bits per heavy atom. The molecule has 0 radical (unpaired) electrons. The predicted octanol–water partition coefficient (Wildman–Crippen LogP) is 3.57. The molecular formula is C12H22O. The Morgan fingerprint density at radius 3 is 2.69 bits per heavy atom. The number of allylic oxidation sites excluding steroid dienone is 2. The third-order valence-corrected chi connectivity index (χ3v) is 1.81. The molecule has 0 bridgehead atoms. The Balaban J connectivity index is 0.000000671. The van der Waals surface area contributed by atoms with Crippen molar-refractivity contribution < 1.29 is 4.74 Å². The third kappa shape index (κ3) is 5.64. The second kappa shape index (κ2) is 8.06. The van der Waals surface area contributed by atoms with Gasteiger partial charge in [0.05, 0.1) is 6.61 Å². The van der Waals surface area contributed by atoms with E-state index in [1.807, 2.05) is 20.8 Å². The van der Waals surface area contributed by atoms with Gasteiger partial charge in [0.15, 0.2) is 0 Å². The van der Waals surface area contributed by atoms with Crippen molar-refractivity contribution >= 4 is 0 Å². The zero-order chi connectivity index (χ0) is 10.1. The van der Waals surface area contributed by atoms with Gasteiger partial charge in [-0.1, -0.05) is 39.0 Å². The van der Waals surface area contributed by atoms with Crippen molar-refractivity contribution in [3.8, 4) is 0 Å². The molecule has 1 rings (SSSR count). The molecule has 1 aliphatic carbocycles. The summed E-state index contributed by atoms with van der Waals surface area (Å²) < 4.78 is 5.30. The molecular weight excluding hydrogens is 160 g/mol. The molecule has 0 aromatic rings. The topological polar surface area (TPSA) is 9.23 Å². The maximum absolute atomic E-state index is 5.30. The minimum Gasteiger partial charge on any atom is -0.377 e. The van der Waals surface area contributed by atoms with Crippen LogP contribution in [0.4, 0.5) is 0 Å². The van der Waals surface area contributed by atoms with Crippen molar-refractivity contribution in [2.45, 2.75) is 34.1 Å². The van der Waals surface area contributed by atoms with Crippen LogP contribution in [0, 0.1) is 5.92 Å². The zero-order valence-electron chi connectivity index (χ0n) is 9.34. The van der Waals surface area contributed by atoms with Crippen LogP contribution in [0.1, 0.15) is 34.1 Å². The van der Waals surface area contributed by atoms with Crippen molar-refractivity contribution in [2.24, 2.45) is 5.92 Å². The molecule has 0 N–H and O–H groups in total. The van der Waals surface area contributed by atoms with Crippen molar-refractivity contribution in [1.82, 2.24) is 0 Å². The molecule has 0 aliphatic heterocycles. The molecule has 0 saturated carbocycles. The van der Waals surface area contributed by atoms with Gasteiger partial charge in [0.1, 0.15) is 0 Å². The lowest BCUT2D eigenvalue weighted by atomic mass is 9.99. The van der Waals surface area contributed by atoms with E-state index in [-0.39, 0.29) is 0 Å². The summed E-state index contributed by atoms with van der Waals surface area (Å²) in [5.41, 5.74) is 1.32. The van der Waals surface area contributed by atoms with Crippen molar-refractivity contribution in [2.75, 3.05) is 13.2 Å². The normalized spacial score (nSPS) is 20.3. The summed E-state index contributed by atoms with van der Waals surface area (Å²) in [5, 5.41) is 0. The SMILES string of the molecule is CC.CCOCC1=CC(C)CC=C1. The fourth-order valence-electron chi connectivity index (χ4n) is 1.24. The van der Waals surface area contributed by atoms with Crippen LogP contribution in [0.2, 0.25) is 0 Å². The molecule has 0 heterocycles. The third-order valence-electron chi connectivity index (χ3n) is 1.81. The number of hydrogen-bond donors (Lipinski definition) is 0. The Morgan fingerprint density at radius 1 is 1.46 bits per heavy atom. The van der Waals surface area contributed by atoms with Gasteiger partial charge >= 0.3 is 0 Å². The van der Waals surface area contributed by atoms with Crippen LogP contribution in [0.15, 0.2) is 23.8 Å². The Kier molecular flexibility index (Phi) is 7.71. The molecule has 0 aromatic heterocycles. The van der Waals surface area contributed by atoms with Crippen LogP contribution in [0.3, 0.4) is 0 Å². The van der Waals surface area contributed by atoms with Gasteiger partial charge in [-0.2, -0.15) is 0 Å². The minimum atomic E-state index is 0.690. The highest BCUT2D eigenvalue weighted by Crippen LogP contribution is 2.15. The second-order valence-electron chi connectivity index (χ2n) is 2.99. The van der Waals surface area contributed by atoms with Gasteiger partial charge in [0, 0.05) is 6.61 Å². The zero-order valence-corrected chi connectivity index (χ0v) is 9.34. The first kappa shape index (κ1) is 12.4. The summed E-state index contributed by atoms with van der Waals surface area (Å²) in [7, 11) is 0. The number of hydrogen-bond acceptors (Lipinski definition) is 1. The van der Waals surface area contributed by atoms with E-state index in [0.717, 1.165) is 13.2 Å². The summed E-state index contributed by atoms with van der Waals surface area (Å²) in [6, 6.07) is 0. The van der Waals surface area contributed by atoms with E-state index in [2.05, 4.69) is 25.2 Å². The van der Waals surface area contributed by atoms with Crippen molar-refractivity contribution in [3.05, 3.63) is 23.8 Å². The van der Waals surface area contributed by atoms with E-state index < -0.39 is 0 Å². The first-order valence-electron chi connectivity index (χ1n) is 5.28. The highest BCUT2D eigenvalue weighted by Gasteiger charge is 2.02. The molecule has 0 amide bonds. The van der Waals surface area contributed by atoms with Gasteiger partial charge in [0.2, 0.25) is 0 Å². The van der Waals surface area contributed by atoms with Gasteiger partial charge in [-0.05, 0) is 24.8 Å². The monoisotopic (exact) mass is 182 g/mol. The lowest BCUT2D eigenvalue weighted by Crippen LogP contribution is -2.01. The Bertz CT molecular complexity index is 168. The van der Waals surface area contributed by atoms with Crippen LogP contribution in [-0.2, 0) is 4.74 Å². The lowest BCUT2D eigenvalue weighted by Gasteiger charge is -2.11. The molecule has 1 unspecified atom stereocenters. The molecule has 0 aromatic carbocycles. The van der Waals surface area contributed by atoms with Gasteiger partial charge in [-0.25, -0.2) is 0 Å². The van der Waals surface area contributed by atoms with Crippen LogP contribution in [0.5, 0.6) is 0 Å². The van der Waals surface area contributed by atoms with Gasteiger partial charge in [-0.3, -0.25) is 0 Å². The molecule has 0 spiro atoms. The summed E-state index contributed by atoms with van der Waals surface area (Å²) in [5.74, 6) is 0.690. The van der Waals surface area contributed by atoms with Crippen LogP contribution >= 0.6 is 0 Å². The van der Waals surface area contributed by atoms with Gasteiger partial charge in [-0.15, -0.1) is 0 Å². The molecule has 1 nitrogen and oxygen atoms in total. The Hall–Kier alpha value is -0.560. The fourth-order valence-corrected chi connectivity index (χ4v) is 1.24. The highest BCUT2D eigenvalue weighted by atomic mass is 16.5. The molecule has 1 aliphatic rings. The smallest absolute Gasteiger partial charge is 0.0713 e. The average molecular weight is 182 g/mol. The lowest BCUT2D eigenvalue weighted by molar-refractivity contribution is 0.172. The number of rotatable bonds is 3. The highest BCUT2D eigenvalue weighted by molar-refractivity contribution is 5.23. The minimum absolute atomic E-state index is 0.690. The van der Waals surface area contributed by atoms with E-state index in [4.69, 9.17) is 4.74 Å². The summed E-state index contributed by atoms with van der Waals surface area (Å²) >= 11 is 0. The quantitative estimate of drug-likeness (QED) is 0.648. The van der Waals surface area contributed by atoms with E-state index in [9.17, 15) is 0 Å². The molecule has 13 heavy (non-hydrogen) atoms. The average Bonchev–Trinajstić information content (AvgIpc) is 2.18. The summed E-state index contributed by atoms with van der Waals surface area (Å²) in [4.78, 5) is 0. The molecule has 1 heteroatoms. The number of ether oxygens (including phenoxy) is 1. The van der Waals surface area contributed by atoms with Gasteiger partial charge < -0.3 is 4.74 Å². The van der Waals surface area contributed by atoms with Crippen LogP contribution < -0.4 is 0 Å². The predicted molar refractivity (Wildman–Crippen MR) is 58.8 cm³/mol. The summed E-state index contributed by atoms with van der Waals surface area (Å²) in [6.45, 7) is 9.84. The largest absolute Gasteiger partial charge is 0.377 e. The summed E-state index contributed by atoms with van der Waals surface area (Å²) in [6.07, 6.45) is 7.85. The first-order chi connectivity index (χ1) is 6.33. The molecule has 0 saturated heterocycles. The Labute approximate surface area is 82.5 Å². The van der Waals surface area contributed by atoms with E-state index >= 15 is 0 Å². The van der Waals surface area contributed by atoms with Crippen molar-refractivity contribution in [1.29, 1.82) is 0 Å². The fraction of sp³-hybridized carbons (Fsp3) is 0.667. The standard InChI is InChI=1S/C10H16O.C2H6/c1-3-11-8-10-6-4-5-9(2)7-10;1-2/h4,6-7,9H,3,5,8H2,1-2H3;1-2H3. The second-order valence-corrected chi connectivity index (χ2v) is 2.99. The molecule has 1 atom stereocenters. The van der Waals surface area contributed by atoms with Crippen LogP contribution in [-0.4, -0.2) is 13.2 Å². The van der Waals surface area contributed by atoms with E-state index in [1.165, 1.54) is 12.0 Å². The maximum atomic E-state index is 5.30. The maximum Gasteiger partial charge on any atom is 0.0713 e. The van der Waals surface area contributed by atoms with Gasteiger partial charge in [0.25, 0.3) is 0 Å². The van der Waals surface area contributed by atoms with Crippen LogP contribution in [0.25, 0.3) is 0 Å². The van der Waals surface area contributed by atoms with E-state index in [1.54, 1.807) is 0 Å². The first-order valence-corrected chi connectivity index (χ1v) is 5.28. The van der Waals surface area contributed by atoms with Crippen molar-refractivity contribution in [3.63, 3.8) is 0 Å². The molecule has 76 valence electrons. The molecule has 0 fully saturated rings. The van der Waals surface area contributed by atoms with E-state index in [0.29, 0.717) is 5.92 Å².